The molecule has 0 aromatic heterocycles. The van der Waals surface area contributed by atoms with E-state index in [1.54, 1.807) is 17.9 Å². The number of fused-ring (bicyclic) bond motifs is 2. The van der Waals surface area contributed by atoms with E-state index in [1.165, 1.54) is 4.90 Å². The number of halogens is 1. The Morgan fingerprint density at radius 3 is 2.38 bits per heavy atom. The molecule has 1 spiro atoms. The molecule has 11 heteroatoms. The van der Waals surface area contributed by atoms with Gasteiger partial charge in [-0.25, -0.2) is 0 Å². The Morgan fingerprint density at radius 2 is 1.70 bits per heavy atom. The first-order chi connectivity index (χ1) is 22.7. The molecule has 2 aromatic rings. The smallest absolute Gasteiger partial charge is 0.313 e. The van der Waals surface area contributed by atoms with Crippen molar-refractivity contribution in [2.75, 3.05) is 13.2 Å². The van der Waals surface area contributed by atoms with E-state index in [1.807, 2.05) is 79.7 Å². The molecule has 6 rings (SSSR count). The van der Waals surface area contributed by atoms with Crippen molar-refractivity contribution in [2.45, 2.75) is 75.6 Å². The molecular formula is C36H40BrN3O7. The molecule has 2 N–H and O–H groups in total. The van der Waals surface area contributed by atoms with E-state index >= 15 is 0 Å². The van der Waals surface area contributed by atoms with Gasteiger partial charge < -0.3 is 29.7 Å². The second-order valence-electron chi connectivity index (χ2n) is 12.7. The van der Waals surface area contributed by atoms with Gasteiger partial charge in [0.2, 0.25) is 17.7 Å². The highest BCUT2D eigenvalue weighted by molar-refractivity contribution is 9.11. The van der Waals surface area contributed by atoms with Gasteiger partial charge in [-0.05, 0) is 37.0 Å². The van der Waals surface area contributed by atoms with Gasteiger partial charge in [-0.1, -0.05) is 95.7 Å². The molecule has 4 aliphatic heterocycles. The molecule has 0 saturated carbocycles. The van der Waals surface area contributed by atoms with Gasteiger partial charge in [-0.3, -0.25) is 19.2 Å². The van der Waals surface area contributed by atoms with Crippen molar-refractivity contribution >= 4 is 39.6 Å². The molecule has 3 amide bonds. The van der Waals surface area contributed by atoms with Crippen LogP contribution in [0.1, 0.15) is 50.3 Å². The van der Waals surface area contributed by atoms with E-state index in [9.17, 15) is 24.3 Å². The minimum absolute atomic E-state index is 0.201. The van der Waals surface area contributed by atoms with Gasteiger partial charge in [-0.15, -0.1) is 0 Å². The normalized spacial score (nSPS) is 32.5. The molecule has 0 unspecified atom stereocenters. The van der Waals surface area contributed by atoms with Crippen LogP contribution >= 0.6 is 15.9 Å². The average molecular weight is 707 g/mol. The van der Waals surface area contributed by atoms with E-state index < -0.39 is 59.6 Å². The number of carbonyl (C=O) groups excluding carboxylic acids is 4. The summed E-state index contributed by atoms with van der Waals surface area (Å²) in [5.41, 5.74) is 0.128. The Labute approximate surface area is 282 Å². The Hall–Kier alpha value is -3.80. The van der Waals surface area contributed by atoms with Gasteiger partial charge in [0.1, 0.15) is 29.8 Å². The molecule has 8 atom stereocenters. The minimum atomic E-state index is -1.46. The van der Waals surface area contributed by atoms with E-state index in [0.717, 1.165) is 5.56 Å². The highest BCUT2D eigenvalue weighted by Gasteiger charge is 2.75. The van der Waals surface area contributed by atoms with Crippen LogP contribution < -0.4 is 5.32 Å². The lowest BCUT2D eigenvalue weighted by Crippen LogP contribution is -2.58. The summed E-state index contributed by atoms with van der Waals surface area (Å²) in [6, 6.07) is 16.3. The topological polar surface area (TPSA) is 125 Å². The molecule has 5 bridgehead atoms. The summed E-state index contributed by atoms with van der Waals surface area (Å²) in [6.45, 7) is 3.75. The van der Waals surface area contributed by atoms with Gasteiger partial charge in [0.25, 0.3) is 0 Å². The fourth-order valence-corrected chi connectivity index (χ4v) is 8.20. The first-order valence-corrected chi connectivity index (χ1v) is 17.0. The first-order valence-electron chi connectivity index (χ1n) is 16.2. The predicted octanol–water partition coefficient (Wildman–Crippen LogP) is 3.80. The summed E-state index contributed by atoms with van der Waals surface area (Å²) in [7, 11) is 0. The molecule has 0 aliphatic carbocycles. The Balaban J connectivity index is 1.46. The molecule has 0 radical (unpaired) electrons. The van der Waals surface area contributed by atoms with Crippen molar-refractivity contribution in [2.24, 2.45) is 11.8 Å². The van der Waals surface area contributed by atoms with Crippen molar-refractivity contribution in [3.8, 4) is 0 Å². The average Bonchev–Trinajstić information content (AvgIpc) is 3.67. The lowest BCUT2D eigenvalue weighted by atomic mass is 9.74. The summed E-state index contributed by atoms with van der Waals surface area (Å²) in [4.78, 5) is 59.8. The van der Waals surface area contributed by atoms with Crippen LogP contribution in [0.15, 0.2) is 83.4 Å². The number of ether oxygens (including phenoxy) is 2. The van der Waals surface area contributed by atoms with Crippen LogP contribution in [0.5, 0.6) is 0 Å². The molecule has 47 heavy (non-hydrogen) atoms. The number of nitrogens with zero attached hydrogens (tertiary/aromatic N) is 2. The number of rotatable bonds is 6. The number of aliphatic hydroxyl groups excluding tert-OH is 1. The van der Waals surface area contributed by atoms with Crippen LogP contribution in [-0.2, 0) is 35.2 Å². The summed E-state index contributed by atoms with van der Waals surface area (Å²) in [5.74, 6) is -3.77. The van der Waals surface area contributed by atoms with E-state index in [0.29, 0.717) is 22.9 Å². The molecule has 248 valence electrons. The van der Waals surface area contributed by atoms with Crippen molar-refractivity contribution in [1.29, 1.82) is 0 Å². The quantitative estimate of drug-likeness (QED) is 0.346. The number of carbonyl (C=O) groups is 4. The van der Waals surface area contributed by atoms with Crippen LogP contribution in [0.2, 0.25) is 0 Å². The molecule has 2 aromatic carbocycles. The maximum Gasteiger partial charge on any atom is 0.313 e. The molecule has 2 saturated heterocycles. The highest BCUT2D eigenvalue weighted by Crippen LogP contribution is 2.59. The Morgan fingerprint density at radius 1 is 1.00 bits per heavy atom. The molecule has 10 nitrogen and oxygen atoms in total. The van der Waals surface area contributed by atoms with Crippen molar-refractivity contribution in [1.82, 2.24) is 15.1 Å². The molecule has 2 fully saturated rings. The number of nitrogens with one attached hydrogen (secondary N) is 1. The number of benzene rings is 2. The monoisotopic (exact) mass is 705 g/mol. The Bertz CT molecular complexity index is 1560. The zero-order chi connectivity index (χ0) is 33.3. The zero-order valence-corrected chi connectivity index (χ0v) is 28.0. The van der Waals surface area contributed by atoms with Crippen LogP contribution in [0.3, 0.4) is 0 Å². The van der Waals surface area contributed by atoms with Crippen LogP contribution in [-0.4, -0.2) is 81.6 Å². The zero-order valence-electron chi connectivity index (χ0n) is 26.5. The predicted molar refractivity (Wildman–Crippen MR) is 177 cm³/mol. The number of amides is 3. The van der Waals surface area contributed by atoms with Gasteiger partial charge in [0.05, 0.1) is 24.6 Å². The van der Waals surface area contributed by atoms with E-state index in [4.69, 9.17) is 9.47 Å². The van der Waals surface area contributed by atoms with E-state index in [-0.39, 0.29) is 37.9 Å². The largest absolute Gasteiger partial charge is 0.455 e. The van der Waals surface area contributed by atoms with Crippen LogP contribution in [0.4, 0.5) is 0 Å². The number of cyclic esters (lactones) is 1. The van der Waals surface area contributed by atoms with Gasteiger partial charge in [0.15, 0.2) is 0 Å². The number of hydrogen-bond donors (Lipinski definition) is 2. The maximum absolute atomic E-state index is 14.8. The number of hydrogen-bond acceptors (Lipinski definition) is 7. The second kappa shape index (κ2) is 13.7. The van der Waals surface area contributed by atoms with Gasteiger partial charge in [-0.2, -0.15) is 0 Å². The molecule has 4 heterocycles. The first kappa shape index (κ1) is 33.1. The summed E-state index contributed by atoms with van der Waals surface area (Å²) in [5, 5.41) is 13.4. The molecule has 4 aliphatic rings. The van der Waals surface area contributed by atoms with Gasteiger partial charge >= 0.3 is 5.97 Å². The van der Waals surface area contributed by atoms with E-state index in [2.05, 4.69) is 21.2 Å². The summed E-state index contributed by atoms with van der Waals surface area (Å²) < 4.78 is 13.4. The summed E-state index contributed by atoms with van der Waals surface area (Å²) in [6.07, 6.45) is 4.85. The second-order valence-corrected chi connectivity index (χ2v) is 13.6. The minimum Gasteiger partial charge on any atom is -0.455 e. The lowest BCUT2D eigenvalue weighted by Gasteiger charge is -2.38. The lowest BCUT2D eigenvalue weighted by molar-refractivity contribution is -0.162. The highest BCUT2D eigenvalue weighted by atomic mass is 79.9. The fraction of sp³-hybridized carbons (Fsp3) is 0.444. The van der Waals surface area contributed by atoms with Gasteiger partial charge in [0, 0.05) is 24.0 Å². The molecular weight excluding hydrogens is 666 g/mol. The number of aliphatic hydroxyl groups is 1. The third kappa shape index (κ3) is 6.05. The van der Waals surface area contributed by atoms with Crippen molar-refractivity contribution in [3.63, 3.8) is 0 Å². The fourth-order valence-electron chi connectivity index (χ4n) is 7.46. The number of esters is 1. The Kier molecular flexibility index (Phi) is 9.68. The van der Waals surface area contributed by atoms with Crippen LogP contribution in [0.25, 0.3) is 0 Å². The SMILES string of the molecule is CC[C@@H](CO)N1C(=O)[C@@H]2[C@H]3C(=O)O[C@@H](c4ccccc4)[C@H](C)NC(=O)CC/C=C\CN(Cc4ccccc4)C(=O)[C@@H]1[C@]21C=C(Br)[C@H]3O1. The third-order valence-electron chi connectivity index (χ3n) is 9.72. The standard InChI is InChI=1S/C36H40BrN3O7/c1-3-25(21-41)40-32-34(44)39(20-23-13-7-4-8-14-23)18-12-6-11-17-27(42)38-22(2)30(24-15-9-5-10-16-24)46-35(45)28-29(33(40)43)36(32)19-26(37)31(28)47-36/h4-10,12-16,19,22,25,28-32,41H,3,11,17-18,20-21H2,1-2H3,(H,38,42)/b12-6-/t22-,25-,28+,29-,30+,31+,32+,36-/m0/s1. The number of likely N-dealkylation sites (tertiary alicyclic amines) is 1. The third-order valence-corrected chi connectivity index (χ3v) is 10.4. The van der Waals surface area contributed by atoms with Crippen molar-refractivity contribution in [3.05, 3.63) is 94.5 Å². The maximum atomic E-state index is 14.8. The summed E-state index contributed by atoms with van der Waals surface area (Å²) >= 11 is 3.59. The van der Waals surface area contributed by atoms with Crippen molar-refractivity contribution < 1.29 is 33.8 Å². The van der Waals surface area contributed by atoms with Crippen LogP contribution in [0, 0.1) is 11.8 Å². The number of allylic oxidation sites excluding steroid dienone is 1.